The van der Waals surface area contributed by atoms with Crippen LogP contribution in [-0.2, 0) is 6.42 Å². The number of aryl methyl sites for hydroxylation is 1. The highest BCUT2D eigenvalue weighted by Crippen LogP contribution is 2.35. The molecular weight excluding hydrogens is 330 g/mol. The van der Waals surface area contributed by atoms with Crippen molar-refractivity contribution in [3.05, 3.63) is 28.9 Å². The molecule has 9 heteroatoms. The van der Waals surface area contributed by atoms with E-state index >= 15 is 0 Å². The minimum Gasteiger partial charge on any atom is -0.394 e. The van der Waals surface area contributed by atoms with E-state index in [9.17, 15) is 0 Å². The van der Waals surface area contributed by atoms with Gasteiger partial charge in [-0.25, -0.2) is 4.98 Å². The van der Waals surface area contributed by atoms with Crippen molar-refractivity contribution in [2.45, 2.75) is 13.3 Å². The van der Waals surface area contributed by atoms with Gasteiger partial charge in [-0.05, 0) is 24.1 Å². The van der Waals surface area contributed by atoms with Gasteiger partial charge >= 0.3 is 0 Å². The number of benzene rings is 1. The van der Waals surface area contributed by atoms with E-state index in [2.05, 4.69) is 20.3 Å². The number of nitrogens with zero attached hydrogens (tertiary/aromatic N) is 5. The molecule has 0 unspecified atom stereocenters. The molecule has 0 saturated carbocycles. The second kappa shape index (κ2) is 7.89. The van der Waals surface area contributed by atoms with Crippen molar-refractivity contribution in [3.63, 3.8) is 0 Å². The Balaban J connectivity index is 2.45. The molecule has 24 heavy (non-hydrogen) atoms. The monoisotopic (exact) mass is 349 g/mol. The standard InChI is InChI=1S/C15H20ClN7O/c1-3-11-13(14(17)20-15(18)19-11)9-4-5-10(16)12(8-9)21-22-23(2)6-7-24/h4-5,8,24H,3,6-7H2,1-2H3,(H4,17,18,19,20). The van der Waals surface area contributed by atoms with E-state index in [1.807, 2.05) is 13.0 Å². The quantitative estimate of drug-likeness (QED) is 0.543. The SMILES string of the molecule is CCc1nc(N)nc(N)c1-c1ccc(Cl)c(N=NN(C)CCO)c1. The third-order valence-electron chi connectivity index (χ3n) is 3.33. The molecule has 0 atom stereocenters. The highest BCUT2D eigenvalue weighted by molar-refractivity contribution is 6.33. The first-order valence-electron chi connectivity index (χ1n) is 7.41. The van der Waals surface area contributed by atoms with Crippen LogP contribution >= 0.6 is 11.6 Å². The normalized spacial score (nSPS) is 11.2. The smallest absolute Gasteiger partial charge is 0.222 e. The number of aliphatic hydroxyl groups excluding tert-OH is 1. The Kier molecular flexibility index (Phi) is 5.88. The molecule has 2 aromatic rings. The zero-order valence-electron chi connectivity index (χ0n) is 13.6. The predicted octanol–water partition coefficient (Wildman–Crippen LogP) is 2.45. The number of aliphatic hydroxyl groups is 1. The average Bonchev–Trinajstić information content (AvgIpc) is 2.54. The van der Waals surface area contributed by atoms with Crippen LogP contribution in [0, 0.1) is 0 Å². The van der Waals surface area contributed by atoms with Crippen molar-refractivity contribution < 1.29 is 5.11 Å². The Bertz CT molecular complexity index is 751. The number of nitrogens with two attached hydrogens (primary N) is 2. The van der Waals surface area contributed by atoms with Crippen molar-refractivity contribution in [2.24, 2.45) is 10.3 Å². The molecule has 2 rings (SSSR count). The van der Waals surface area contributed by atoms with Crippen LogP contribution in [0.4, 0.5) is 17.5 Å². The lowest BCUT2D eigenvalue weighted by Gasteiger charge is -2.12. The fourth-order valence-electron chi connectivity index (χ4n) is 2.18. The largest absolute Gasteiger partial charge is 0.394 e. The molecule has 0 amide bonds. The third-order valence-corrected chi connectivity index (χ3v) is 3.65. The maximum Gasteiger partial charge on any atom is 0.222 e. The van der Waals surface area contributed by atoms with Gasteiger partial charge in [-0.3, -0.25) is 5.01 Å². The summed E-state index contributed by atoms with van der Waals surface area (Å²) in [5, 5.41) is 19.0. The van der Waals surface area contributed by atoms with E-state index in [1.165, 1.54) is 5.01 Å². The Morgan fingerprint density at radius 3 is 2.71 bits per heavy atom. The average molecular weight is 350 g/mol. The summed E-state index contributed by atoms with van der Waals surface area (Å²) < 4.78 is 0. The van der Waals surface area contributed by atoms with E-state index in [1.54, 1.807) is 19.2 Å². The van der Waals surface area contributed by atoms with Crippen LogP contribution in [0.1, 0.15) is 12.6 Å². The summed E-state index contributed by atoms with van der Waals surface area (Å²) in [6, 6.07) is 5.30. The summed E-state index contributed by atoms with van der Waals surface area (Å²) in [5.74, 6) is 0.453. The van der Waals surface area contributed by atoms with Crippen molar-refractivity contribution in [1.82, 2.24) is 15.0 Å². The number of rotatable bonds is 6. The van der Waals surface area contributed by atoms with Crippen LogP contribution in [0.15, 0.2) is 28.5 Å². The zero-order valence-corrected chi connectivity index (χ0v) is 14.3. The van der Waals surface area contributed by atoms with E-state index in [0.29, 0.717) is 35.1 Å². The van der Waals surface area contributed by atoms with Crippen LogP contribution < -0.4 is 11.5 Å². The second-order valence-corrected chi connectivity index (χ2v) is 5.51. The van der Waals surface area contributed by atoms with Crippen LogP contribution in [0.2, 0.25) is 5.02 Å². The van der Waals surface area contributed by atoms with Gasteiger partial charge in [-0.15, -0.1) is 5.11 Å². The highest BCUT2D eigenvalue weighted by atomic mass is 35.5. The lowest BCUT2D eigenvalue weighted by atomic mass is 10.0. The molecule has 1 heterocycles. The Hall–Kier alpha value is -2.45. The minimum atomic E-state index is -0.0114. The molecule has 0 aliphatic rings. The van der Waals surface area contributed by atoms with Crippen LogP contribution in [0.25, 0.3) is 11.1 Å². The fraction of sp³-hybridized carbons (Fsp3) is 0.333. The van der Waals surface area contributed by atoms with E-state index < -0.39 is 0 Å². The van der Waals surface area contributed by atoms with Gasteiger partial charge in [0.25, 0.3) is 0 Å². The van der Waals surface area contributed by atoms with Gasteiger partial charge < -0.3 is 16.6 Å². The fourth-order valence-corrected chi connectivity index (χ4v) is 2.33. The van der Waals surface area contributed by atoms with Gasteiger partial charge in [-0.1, -0.05) is 29.8 Å². The zero-order chi connectivity index (χ0) is 17.7. The molecule has 0 fully saturated rings. The van der Waals surface area contributed by atoms with Crippen molar-refractivity contribution in [2.75, 3.05) is 31.7 Å². The molecule has 0 aliphatic carbocycles. The summed E-state index contributed by atoms with van der Waals surface area (Å²) in [6.07, 6.45) is 0.658. The molecule has 1 aromatic heterocycles. The molecule has 0 saturated heterocycles. The summed E-state index contributed by atoms with van der Waals surface area (Å²) in [6.45, 7) is 2.33. The van der Waals surface area contributed by atoms with E-state index in [4.69, 9.17) is 28.2 Å². The molecule has 0 spiro atoms. The number of likely N-dealkylation sites (N-methyl/N-ethyl adjacent to an activating group) is 1. The Labute approximate surface area is 145 Å². The molecule has 5 N–H and O–H groups in total. The van der Waals surface area contributed by atoms with Gasteiger partial charge in [0.2, 0.25) is 5.95 Å². The lowest BCUT2D eigenvalue weighted by molar-refractivity contribution is 0.219. The number of anilines is 2. The summed E-state index contributed by atoms with van der Waals surface area (Å²) in [5.41, 5.74) is 14.4. The molecule has 0 aliphatic heterocycles. The lowest BCUT2D eigenvalue weighted by Crippen LogP contribution is -2.14. The Morgan fingerprint density at radius 1 is 1.29 bits per heavy atom. The maximum atomic E-state index is 8.88. The first-order chi connectivity index (χ1) is 11.5. The summed E-state index contributed by atoms with van der Waals surface area (Å²) in [4.78, 5) is 8.27. The maximum absolute atomic E-state index is 8.88. The summed E-state index contributed by atoms with van der Waals surface area (Å²) in [7, 11) is 1.71. The highest BCUT2D eigenvalue weighted by Gasteiger charge is 2.14. The summed E-state index contributed by atoms with van der Waals surface area (Å²) >= 11 is 6.18. The molecule has 1 aromatic carbocycles. The molecule has 8 nitrogen and oxygen atoms in total. The van der Waals surface area contributed by atoms with Gasteiger partial charge in [0, 0.05) is 12.6 Å². The minimum absolute atomic E-state index is 0.0114. The van der Waals surface area contributed by atoms with E-state index in [-0.39, 0.29) is 12.6 Å². The number of hydrogen-bond donors (Lipinski definition) is 3. The van der Waals surface area contributed by atoms with Gasteiger partial charge in [0.1, 0.15) is 11.5 Å². The number of halogens is 1. The second-order valence-electron chi connectivity index (χ2n) is 5.10. The molecular formula is C15H20ClN7O. The third kappa shape index (κ3) is 4.09. The predicted molar refractivity (Wildman–Crippen MR) is 94.9 cm³/mol. The topological polar surface area (TPSA) is 126 Å². The van der Waals surface area contributed by atoms with Gasteiger partial charge in [0.15, 0.2) is 0 Å². The van der Waals surface area contributed by atoms with Gasteiger partial charge in [-0.2, -0.15) is 4.98 Å². The first-order valence-corrected chi connectivity index (χ1v) is 7.79. The Morgan fingerprint density at radius 2 is 2.04 bits per heavy atom. The first kappa shape index (κ1) is 17.9. The van der Waals surface area contributed by atoms with Crippen molar-refractivity contribution >= 4 is 29.1 Å². The number of aromatic nitrogens is 2. The molecule has 0 radical (unpaired) electrons. The number of hydrogen-bond acceptors (Lipinski definition) is 7. The van der Waals surface area contributed by atoms with E-state index in [0.717, 1.165) is 11.3 Å². The van der Waals surface area contributed by atoms with Gasteiger partial charge in [0.05, 0.1) is 23.9 Å². The van der Waals surface area contributed by atoms with Crippen LogP contribution in [0.3, 0.4) is 0 Å². The molecule has 128 valence electrons. The van der Waals surface area contributed by atoms with Crippen LogP contribution in [0.5, 0.6) is 0 Å². The molecule has 0 bridgehead atoms. The van der Waals surface area contributed by atoms with Crippen LogP contribution in [-0.4, -0.2) is 40.3 Å². The number of nitrogen functional groups attached to an aromatic ring is 2. The van der Waals surface area contributed by atoms with Crippen molar-refractivity contribution in [3.8, 4) is 11.1 Å². The van der Waals surface area contributed by atoms with Crippen molar-refractivity contribution in [1.29, 1.82) is 0 Å².